The molecular formula is C18H25F2N5. The largest absolute Gasteiger partial charge is 0.356 e. The maximum absolute atomic E-state index is 13.6. The summed E-state index contributed by atoms with van der Waals surface area (Å²) >= 11 is 0. The van der Waals surface area contributed by atoms with E-state index in [2.05, 4.69) is 39.0 Å². The number of nitrogens with zero attached hydrogens (tertiary/aromatic N) is 3. The van der Waals surface area contributed by atoms with Crippen molar-refractivity contribution in [3.8, 4) is 0 Å². The molecule has 1 aromatic carbocycles. The van der Waals surface area contributed by atoms with Crippen LogP contribution in [0.2, 0.25) is 0 Å². The number of nitrogens with one attached hydrogen (secondary N) is 2. The van der Waals surface area contributed by atoms with E-state index in [1.807, 2.05) is 6.20 Å². The van der Waals surface area contributed by atoms with Crippen LogP contribution < -0.4 is 10.6 Å². The second-order valence-corrected chi connectivity index (χ2v) is 6.23. The van der Waals surface area contributed by atoms with Gasteiger partial charge in [-0.2, -0.15) is 0 Å². The smallest absolute Gasteiger partial charge is 0.191 e. The van der Waals surface area contributed by atoms with E-state index in [-0.39, 0.29) is 0 Å². The van der Waals surface area contributed by atoms with Gasteiger partial charge in [0.2, 0.25) is 0 Å². The van der Waals surface area contributed by atoms with Crippen molar-refractivity contribution in [1.82, 2.24) is 20.2 Å². The normalized spacial score (nSPS) is 11.8. The Balaban J connectivity index is 1.83. The van der Waals surface area contributed by atoms with Crippen molar-refractivity contribution in [1.29, 1.82) is 0 Å². The van der Waals surface area contributed by atoms with Crippen molar-refractivity contribution in [2.24, 2.45) is 10.9 Å². The average Bonchev–Trinajstić information content (AvgIpc) is 3.00. The quantitative estimate of drug-likeness (QED) is 0.597. The Bertz CT molecular complexity index is 709. The third-order valence-corrected chi connectivity index (χ3v) is 3.70. The van der Waals surface area contributed by atoms with E-state index in [0.717, 1.165) is 24.5 Å². The van der Waals surface area contributed by atoms with E-state index < -0.39 is 11.6 Å². The summed E-state index contributed by atoms with van der Waals surface area (Å²) in [6.45, 7) is 6.20. The van der Waals surface area contributed by atoms with Gasteiger partial charge in [-0.1, -0.05) is 13.8 Å². The highest BCUT2D eigenvalue weighted by molar-refractivity contribution is 5.79. The first kappa shape index (κ1) is 18.9. The molecule has 0 aliphatic carbocycles. The van der Waals surface area contributed by atoms with Crippen molar-refractivity contribution in [3.05, 3.63) is 53.6 Å². The minimum Gasteiger partial charge on any atom is -0.356 e. The molecule has 1 aromatic heterocycles. The Morgan fingerprint density at radius 2 is 2.08 bits per heavy atom. The lowest BCUT2D eigenvalue weighted by Crippen LogP contribution is -2.38. The average molecular weight is 349 g/mol. The number of hydrogen-bond donors (Lipinski definition) is 2. The first-order chi connectivity index (χ1) is 12.0. The molecule has 0 fully saturated rings. The van der Waals surface area contributed by atoms with Crippen LogP contribution in [-0.4, -0.2) is 29.1 Å². The van der Waals surface area contributed by atoms with E-state index >= 15 is 0 Å². The zero-order valence-electron chi connectivity index (χ0n) is 14.9. The molecule has 1 heterocycles. The predicted molar refractivity (Wildman–Crippen MR) is 95.3 cm³/mol. The summed E-state index contributed by atoms with van der Waals surface area (Å²) in [4.78, 5) is 8.49. The van der Waals surface area contributed by atoms with E-state index in [4.69, 9.17) is 0 Å². The van der Waals surface area contributed by atoms with Crippen molar-refractivity contribution in [3.63, 3.8) is 0 Å². The Kier molecular flexibility index (Phi) is 6.91. The number of aromatic nitrogens is 2. The fourth-order valence-corrected chi connectivity index (χ4v) is 2.50. The van der Waals surface area contributed by atoms with Gasteiger partial charge >= 0.3 is 0 Å². The fraction of sp³-hybridized carbons (Fsp3) is 0.444. The number of hydrogen-bond acceptors (Lipinski definition) is 2. The van der Waals surface area contributed by atoms with Crippen molar-refractivity contribution >= 4 is 5.96 Å². The summed E-state index contributed by atoms with van der Waals surface area (Å²) in [5.74, 6) is 1.22. The van der Waals surface area contributed by atoms with E-state index in [0.29, 0.717) is 37.0 Å². The number of halogens is 2. The van der Waals surface area contributed by atoms with Gasteiger partial charge in [0.15, 0.2) is 5.96 Å². The van der Waals surface area contributed by atoms with Gasteiger partial charge in [-0.15, -0.1) is 0 Å². The molecule has 0 aliphatic heterocycles. The second kappa shape index (κ2) is 9.15. The topological polar surface area (TPSA) is 54.2 Å². The lowest BCUT2D eigenvalue weighted by atomic mass is 10.1. The number of benzene rings is 1. The minimum atomic E-state index is -0.434. The lowest BCUT2D eigenvalue weighted by molar-refractivity contribution is 0.503. The summed E-state index contributed by atoms with van der Waals surface area (Å²) in [7, 11) is 1.67. The SMILES string of the molecule is CN=C(NCCc1cc(F)ccc1F)NCc1nccn1CC(C)C. The van der Waals surface area contributed by atoms with E-state index in [1.54, 1.807) is 13.2 Å². The molecule has 0 saturated carbocycles. The number of rotatable bonds is 7. The standard InChI is InChI=1S/C18H25F2N5/c1-13(2)12-25-9-8-22-17(25)11-24-18(21-3)23-7-6-14-10-15(19)4-5-16(14)20/h4-5,8-10,13H,6-7,11-12H2,1-3H3,(H2,21,23,24). The maximum atomic E-state index is 13.6. The van der Waals surface area contributed by atoms with Crippen LogP contribution in [0.4, 0.5) is 8.78 Å². The molecule has 0 radical (unpaired) electrons. The van der Waals surface area contributed by atoms with Gasteiger partial charge in [-0.05, 0) is 36.1 Å². The first-order valence-electron chi connectivity index (χ1n) is 8.38. The molecule has 25 heavy (non-hydrogen) atoms. The van der Waals surface area contributed by atoms with Gasteiger partial charge in [0.25, 0.3) is 0 Å². The van der Waals surface area contributed by atoms with E-state index in [9.17, 15) is 8.78 Å². The highest BCUT2D eigenvalue weighted by atomic mass is 19.1. The molecule has 7 heteroatoms. The maximum Gasteiger partial charge on any atom is 0.191 e. The van der Waals surface area contributed by atoms with Crippen LogP contribution >= 0.6 is 0 Å². The van der Waals surface area contributed by atoms with Crippen molar-refractivity contribution < 1.29 is 8.78 Å². The summed E-state index contributed by atoms with van der Waals surface area (Å²) in [5.41, 5.74) is 0.343. The molecule has 0 atom stereocenters. The van der Waals surface area contributed by atoms with Gasteiger partial charge in [-0.3, -0.25) is 4.99 Å². The molecular weight excluding hydrogens is 324 g/mol. The zero-order valence-corrected chi connectivity index (χ0v) is 14.9. The van der Waals surface area contributed by atoms with Gasteiger partial charge in [0, 0.05) is 32.5 Å². The van der Waals surface area contributed by atoms with Gasteiger partial charge < -0.3 is 15.2 Å². The molecule has 0 aliphatic rings. The molecule has 0 amide bonds. The Labute approximate surface area is 147 Å². The van der Waals surface area contributed by atoms with Crippen molar-refractivity contribution in [2.45, 2.75) is 33.4 Å². The van der Waals surface area contributed by atoms with Crippen LogP contribution in [0, 0.1) is 17.6 Å². The second-order valence-electron chi connectivity index (χ2n) is 6.23. The molecule has 2 N–H and O–H groups in total. The number of imidazole rings is 1. The van der Waals surface area contributed by atoms with Gasteiger partial charge in [-0.25, -0.2) is 13.8 Å². The summed E-state index contributed by atoms with van der Waals surface area (Å²) in [5, 5.41) is 6.29. The zero-order chi connectivity index (χ0) is 18.2. The summed E-state index contributed by atoms with van der Waals surface area (Å²) in [6, 6.07) is 3.48. The fourth-order valence-electron chi connectivity index (χ4n) is 2.50. The van der Waals surface area contributed by atoms with Gasteiger partial charge in [0.1, 0.15) is 17.5 Å². The molecule has 0 bridgehead atoms. The van der Waals surface area contributed by atoms with Crippen LogP contribution in [0.15, 0.2) is 35.6 Å². The molecule has 136 valence electrons. The van der Waals surface area contributed by atoms with Crippen LogP contribution in [-0.2, 0) is 19.5 Å². The van der Waals surface area contributed by atoms with Crippen molar-refractivity contribution in [2.75, 3.05) is 13.6 Å². The minimum absolute atomic E-state index is 0.343. The number of guanidine groups is 1. The predicted octanol–water partition coefficient (Wildman–Crippen LogP) is 2.73. The highest BCUT2D eigenvalue weighted by Gasteiger charge is 2.07. The lowest BCUT2D eigenvalue weighted by Gasteiger charge is -2.14. The van der Waals surface area contributed by atoms with Crippen LogP contribution in [0.3, 0.4) is 0 Å². The van der Waals surface area contributed by atoms with Crippen LogP contribution in [0.1, 0.15) is 25.2 Å². The monoisotopic (exact) mass is 349 g/mol. The Morgan fingerprint density at radius 1 is 1.28 bits per heavy atom. The molecule has 2 rings (SSSR count). The molecule has 2 aromatic rings. The summed E-state index contributed by atoms with van der Waals surface area (Å²) in [6.07, 6.45) is 4.11. The molecule has 0 unspecified atom stereocenters. The van der Waals surface area contributed by atoms with E-state index in [1.165, 1.54) is 6.07 Å². The molecule has 5 nitrogen and oxygen atoms in total. The van der Waals surface area contributed by atoms with Crippen LogP contribution in [0.25, 0.3) is 0 Å². The highest BCUT2D eigenvalue weighted by Crippen LogP contribution is 2.09. The Morgan fingerprint density at radius 3 is 2.80 bits per heavy atom. The molecule has 0 spiro atoms. The molecule has 0 saturated heterocycles. The third kappa shape index (κ3) is 5.85. The third-order valence-electron chi connectivity index (χ3n) is 3.70. The Hall–Kier alpha value is -2.44. The van der Waals surface area contributed by atoms with Crippen LogP contribution in [0.5, 0.6) is 0 Å². The number of aliphatic imine (C=N–C) groups is 1. The first-order valence-corrected chi connectivity index (χ1v) is 8.38. The van der Waals surface area contributed by atoms with Gasteiger partial charge in [0.05, 0.1) is 6.54 Å². The summed E-state index contributed by atoms with van der Waals surface area (Å²) < 4.78 is 28.9.